The van der Waals surface area contributed by atoms with Crippen LogP contribution in [0.25, 0.3) is 11.1 Å². The normalized spacial score (nSPS) is 19.0. The number of hydrogen-bond acceptors (Lipinski definition) is 6. The zero-order valence-electron chi connectivity index (χ0n) is 13.9. The van der Waals surface area contributed by atoms with Crippen molar-refractivity contribution in [3.63, 3.8) is 0 Å². The fraction of sp³-hybridized carbons (Fsp3) is 0.500. The van der Waals surface area contributed by atoms with Gasteiger partial charge in [0, 0.05) is 13.1 Å². The molecule has 1 aliphatic heterocycles. The molecule has 1 aliphatic rings. The number of carbonyl (C=O) groups is 1. The number of likely N-dealkylation sites (tertiary alicyclic amines) is 1. The van der Waals surface area contributed by atoms with Crippen molar-refractivity contribution in [3.05, 3.63) is 24.3 Å². The Bertz CT molecular complexity index is 833. The maximum absolute atomic E-state index is 12.7. The molecule has 1 atom stereocenters. The van der Waals surface area contributed by atoms with Crippen LogP contribution in [-0.2, 0) is 14.6 Å². The molecule has 1 fully saturated rings. The highest BCUT2D eigenvalue weighted by atomic mass is 32.2. The number of carbonyl (C=O) groups excluding carboxylic acids is 1. The third-order valence-electron chi connectivity index (χ3n) is 3.75. The van der Waals surface area contributed by atoms with E-state index in [9.17, 15) is 13.2 Å². The quantitative estimate of drug-likeness (QED) is 0.825. The van der Waals surface area contributed by atoms with Gasteiger partial charge in [0.1, 0.15) is 11.1 Å². The Morgan fingerprint density at radius 1 is 1.33 bits per heavy atom. The number of ether oxygens (including phenoxy) is 1. The Labute approximate surface area is 140 Å². The molecule has 8 heteroatoms. The lowest BCUT2D eigenvalue weighted by Crippen LogP contribution is -2.36. The van der Waals surface area contributed by atoms with E-state index in [0.29, 0.717) is 24.1 Å². The van der Waals surface area contributed by atoms with E-state index in [1.807, 2.05) is 0 Å². The fourth-order valence-corrected chi connectivity index (χ4v) is 4.10. The van der Waals surface area contributed by atoms with Crippen molar-refractivity contribution < 1.29 is 22.4 Å². The maximum Gasteiger partial charge on any atom is 0.410 e. The molecular formula is C16H20N2O5S. The number of sulfone groups is 1. The summed E-state index contributed by atoms with van der Waals surface area (Å²) in [6, 6.07) is 6.88. The minimum Gasteiger partial charge on any atom is -0.444 e. The predicted molar refractivity (Wildman–Crippen MR) is 87.4 cm³/mol. The molecule has 0 radical (unpaired) electrons. The van der Waals surface area contributed by atoms with Gasteiger partial charge in [-0.05, 0) is 39.3 Å². The summed E-state index contributed by atoms with van der Waals surface area (Å²) >= 11 is 0. The first kappa shape index (κ1) is 16.8. The number of benzene rings is 1. The van der Waals surface area contributed by atoms with E-state index in [-0.39, 0.29) is 11.8 Å². The van der Waals surface area contributed by atoms with Gasteiger partial charge in [-0.2, -0.15) is 4.98 Å². The largest absolute Gasteiger partial charge is 0.444 e. The minimum atomic E-state index is -3.74. The van der Waals surface area contributed by atoms with Gasteiger partial charge in [0.2, 0.25) is 9.84 Å². The van der Waals surface area contributed by atoms with E-state index in [4.69, 9.17) is 9.15 Å². The zero-order chi connectivity index (χ0) is 17.5. The zero-order valence-corrected chi connectivity index (χ0v) is 14.7. The molecule has 0 aliphatic carbocycles. The molecule has 2 aromatic rings. The van der Waals surface area contributed by atoms with E-state index in [1.54, 1.807) is 45.0 Å². The second-order valence-electron chi connectivity index (χ2n) is 6.83. The van der Waals surface area contributed by atoms with Gasteiger partial charge in [0.25, 0.3) is 0 Å². The first-order valence-corrected chi connectivity index (χ1v) is 9.29. The highest BCUT2D eigenvalue weighted by Gasteiger charge is 2.40. The van der Waals surface area contributed by atoms with Gasteiger partial charge in [-0.15, -0.1) is 0 Å². The van der Waals surface area contributed by atoms with Crippen molar-refractivity contribution in [2.24, 2.45) is 0 Å². The number of rotatable bonds is 2. The van der Waals surface area contributed by atoms with Gasteiger partial charge in [-0.3, -0.25) is 0 Å². The summed E-state index contributed by atoms with van der Waals surface area (Å²) in [6.45, 7) is 5.73. The molecule has 130 valence electrons. The smallest absolute Gasteiger partial charge is 0.410 e. The Balaban J connectivity index is 1.78. The average molecular weight is 352 g/mol. The van der Waals surface area contributed by atoms with Crippen molar-refractivity contribution in [2.75, 3.05) is 13.1 Å². The van der Waals surface area contributed by atoms with Crippen LogP contribution in [0.15, 0.2) is 33.9 Å². The number of hydrogen-bond donors (Lipinski definition) is 0. The number of nitrogens with zero attached hydrogens (tertiary/aromatic N) is 2. The Hall–Kier alpha value is -2.09. The van der Waals surface area contributed by atoms with Crippen molar-refractivity contribution in [3.8, 4) is 0 Å². The van der Waals surface area contributed by atoms with Crippen LogP contribution in [0.1, 0.15) is 27.2 Å². The third kappa shape index (κ3) is 3.24. The summed E-state index contributed by atoms with van der Waals surface area (Å²) in [5.41, 5.74) is 0.310. The van der Waals surface area contributed by atoms with Crippen molar-refractivity contribution in [1.29, 1.82) is 0 Å². The van der Waals surface area contributed by atoms with E-state index in [2.05, 4.69) is 4.98 Å². The van der Waals surface area contributed by atoms with Gasteiger partial charge in [-0.1, -0.05) is 12.1 Å². The van der Waals surface area contributed by atoms with Gasteiger partial charge in [0.05, 0.1) is 5.25 Å². The molecule has 0 spiro atoms. The van der Waals surface area contributed by atoms with Gasteiger partial charge < -0.3 is 14.1 Å². The molecule has 0 N–H and O–H groups in total. The molecule has 0 saturated carbocycles. The molecule has 24 heavy (non-hydrogen) atoms. The van der Waals surface area contributed by atoms with Crippen LogP contribution in [0.5, 0.6) is 0 Å². The maximum atomic E-state index is 12.7. The van der Waals surface area contributed by atoms with Crippen LogP contribution in [0.4, 0.5) is 4.79 Å². The number of aromatic nitrogens is 1. The average Bonchev–Trinajstić information content (AvgIpc) is 3.13. The summed E-state index contributed by atoms with van der Waals surface area (Å²) in [5, 5.41) is -1.03. The van der Waals surface area contributed by atoms with Crippen LogP contribution in [-0.4, -0.2) is 48.3 Å². The highest BCUT2D eigenvalue weighted by Crippen LogP contribution is 2.27. The molecule has 1 aromatic carbocycles. The van der Waals surface area contributed by atoms with Crippen molar-refractivity contribution in [1.82, 2.24) is 9.88 Å². The molecule has 7 nitrogen and oxygen atoms in total. The van der Waals surface area contributed by atoms with Gasteiger partial charge in [0.15, 0.2) is 5.58 Å². The lowest BCUT2D eigenvalue weighted by molar-refractivity contribution is 0.0295. The fourth-order valence-electron chi connectivity index (χ4n) is 2.59. The van der Waals surface area contributed by atoms with Crippen LogP contribution in [0.2, 0.25) is 0 Å². The molecule has 2 heterocycles. The summed E-state index contributed by atoms with van der Waals surface area (Å²) in [4.78, 5) is 17.6. The summed E-state index contributed by atoms with van der Waals surface area (Å²) in [6.07, 6.45) is -0.168. The number of oxazole rings is 1. The standard InChI is InChI=1S/C16H20N2O5S/c1-16(2,3)23-15(19)18-9-8-11(10-18)24(20,21)14-17-12-6-4-5-7-13(12)22-14/h4-7,11H,8-10H2,1-3H3/t11-/m0/s1. The monoisotopic (exact) mass is 352 g/mol. The molecule has 0 unspecified atom stereocenters. The molecule has 1 saturated heterocycles. The minimum absolute atomic E-state index is 0.0793. The van der Waals surface area contributed by atoms with E-state index >= 15 is 0 Å². The van der Waals surface area contributed by atoms with E-state index in [1.165, 1.54) is 4.90 Å². The van der Waals surface area contributed by atoms with Gasteiger partial charge >= 0.3 is 11.3 Å². The number of fused-ring (bicyclic) bond motifs is 1. The van der Waals surface area contributed by atoms with E-state index in [0.717, 1.165) is 0 Å². The molecular weight excluding hydrogens is 332 g/mol. The van der Waals surface area contributed by atoms with Crippen LogP contribution >= 0.6 is 0 Å². The SMILES string of the molecule is CC(C)(C)OC(=O)N1CC[C@H](S(=O)(=O)c2nc3ccccc3o2)C1. The predicted octanol–water partition coefficient (Wildman–Crippen LogP) is 2.61. The first-order chi connectivity index (χ1) is 11.2. The highest BCUT2D eigenvalue weighted by molar-refractivity contribution is 7.91. The lowest BCUT2D eigenvalue weighted by Gasteiger charge is -2.24. The molecule has 0 bridgehead atoms. The Kier molecular flexibility index (Phi) is 4.03. The van der Waals surface area contributed by atoms with Crippen LogP contribution in [0, 0.1) is 0 Å². The molecule has 1 amide bonds. The second kappa shape index (κ2) is 5.77. The van der Waals surface area contributed by atoms with Crippen LogP contribution in [0.3, 0.4) is 0 Å². The van der Waals surface area contributed by atoms with Crippen molar-refractivity contribution >= 4 is 27.0 Å². The number of para-hydroxylation sites is 2. The Morgan fingerprint density at radius 2 is 2.04 bits per heavy atom. The van der Waals surface area contributed by atoms with Crippen molar-refractivity contribution in [2.45, 2.75) is 43.3 Å². The first-order valence-electron chi connectivity index (χ1n) is 7.74. The van der Waals surface area contributed by atoms with E-state index < -0.39 is 26.8 Å². The van der Waals surface area contributed by atoms with Gasteiger partial charge in [-0.25, -0.2) is 13.2 Å². The topological polar surface area (TPSA) is 89.7 Å². The molecule has 1 aromatic heterocycles. The summed E-state index contributed by atoms with van der Waals surface area (Å²) < 4.78 is 36.1. The number of amides is 1. The summed E-state index contributed by atoms with van der Waals surface area (Å²) in [7, 11) is -3.74. The summed E-state index contributed by atoms with van der Waals surface area (Å²) in [5.74, 6) is 0. The van der Waals surface area contributed by atoms with Crippen LogP contribution < -0.4 is 0 Å². The third-order valence-corrected chi connectivity index (χ3v) is 5.68. The lowest BCUT2D eigenvalue weighted by atomic mass is 10.2. The Morgan fingerprint density at radius 3 is 2.71 bits per heavy atom. The molecule has 3 rings (SSSR count). The second-order valence-corrected chi connectivity index (χ2v) is 8.94.